The normalized spacial score (nSPS) is 21.9. The lowest BCUT2D eigenvalue weighted by Gasteiger charge is -2.38. The molecule has 92 valence electrons. The van der Waals surface area contributed by atoms with Gasteiger partial charge < -0.3 is 10.6 Å². The number of hydrogen-bond acceptors (Lipinski definition) is 3. The highest BCUT2D eigenvalue weighted by atomic mass is 16.2. The number of nitrogens with zero attached hydrogens (tertiary/aromatic N) is 2. The van der Waals surface area contributed by atoms with Crippen molar-refractivity contribution in [3.05, 3.63) is 35.9 Å². The van der Waals surface area contributed by atoms with Crippen molar-refractivity contribution in [2.45, 2.75) is 12.6 Å². The summed E-state index contributed by atoms with van der Waals surface area (Å²) >= 11 is 0. The quantitative estimate of drug-likeness (QED) is 0.816. The first-order valence-electron chi connectivity index (χ1n) is 5.92. The Hall–Kier alpha value is -1.39. The number of piperazine rings is 1. The molecule has 1 amide bonds. The Morgan fingerprint density at radius 3 is 2.71 bits per heavy atom. The van der Waals surface area contributed by atoms with E-state index in [1.54, 1.807) is 0 Å². The Morgan fingerprint density at radius 1 is 1.35 bits per heavy atom. The molecule has 1 aromatic carbocycles. The molecule has 1 aromatic rings. The van der Waals surface area contributed by atoms with E-state index in [4.69, 9.17) is 5.73 Å². The van der Waals surface area contributed by atoms with Crippen molar-refractivity contribution in [1.82, 2.24) is 9.80 Å². The minimum absolute atomic E-state index is 0.182. The van der Waals surface area contributed by atoms with Crippen LogP contribution in [0.3, 0.4) is 0 Å². The number of hydrogen-bond donors (Lipinski definition) is 1. The van der Waals surface area contributed by atoms with Gasteiger partial charge in [0.25, 0.3) is 0 Å². The van der Waals surface area contributed by atoms with Crippen molar-refractivity contribution in [3.8, 4) is 0 Å². The van der Waals surface area contributed by atoms with Crippen LogP contribution in [-0.2, 0) is 11.3 Å². The average Bonchev–Trinajstić information content (AvgIpc) is 2.34. The van der Waals surface area contributed by atoms with Gasteiger partial charge in [-0.1, -0.05) is 30.3 Å². The zero-order valence-corrected chi connectivity index (χ0v) is 10.2. The van der Waals surface area contributed by atoms with Gasteiger partial charge in [0.05, 0.1) is 6.54 Å². The summed E-state index contributed by atoms with van der Waals surface area (Å²) < 4.78 is 0. The molecular weight excluding hydrogens is 214 g/mol. The second kappa shape index (κ2) is 5.29. The number of carbonyl (C=O) groups excluding carboxylic acids is 1. The van der Waals surface area contributed by atoms with Gasteiger partial charge in [0.2, 0.25) is 5.91 Å². The van der Waals surface area contributed by atoms with Crippen molar-refractivity contribution in [1.29, 1.82) is 0 Å². The fourth-order valence-corrected chi connectivity index (χ4v) is 2.15. The summed E-state index contributed by atoms with van der Waals surface area (Å²) in [5.41, 5.74) is 6.88. The maximum atomic E-state index is 11.9. The minimum Gasteiger partial charge on any atom is -0.336 e. The number of amides is 1. The van der Waals surface area contributed by atoms with E-state index in [0.29, 0.717) is 19.6 Å². The van der Waals surface area contributed by atoms with Gasteiger partial charge in [-0.2, -0.15) is 0 Å². The van der Waals surface area contributed by atoms with Gasteiger partial charge in [-0.3, -0.25) is 9.69 Å². The summed E-state index contributed by atoms with van der Waals surface area (Å²) in [6.07, 6.45) is 0. The SMILES string of the molecule is CN1CC(=O)N(Cc2ccccc2)CC1CN. The Morgan fingerprint density at radius 2 is 2.06 bits per heavy atom. The van der Waals surface area contributed by atoms with E-state index in [0.717, 1.165) is 6.54 Å². The number of nitrogens with two attached hydrogens (primary N) is 1. The van der Waals surface area contributed by atoms with Gasteiger partial charge in [0.1, 0.15) is 0 Å². The molecule has 0 aromatic heterocycles. The van der Waals surface area contributed by atoms with Crippen molar-refractivity contribution >= 4 is 5.91 Å². The molecule has 1 heterocycles. The Labute approximate surface area is 102 Å². The zero-order chi connectivity index (χ0) is 12.3. The van der Waals surface area contributed by atoms with E-state index in [9.17, 15) is 4.79 Å². The zero-order valence-electron chi connectivity index (χ0n) is 10.2. The summed E-state index contributed by atoms with van der Waals surface area (Å²) in [6, 6.07) is 10.3. The molecule has 0 aliphatic carbocycles. The third kappa shape index (κ3) is 2.84. The van der Waals surface area contributed by atoms with Crippen LogP contribution in [0.25, 0.3) is 0 Å². The molecule has 1 aliphatic heterocycles. The fraction of sp³-hybridized carbons (Fsp3) is 0.462. The lowest BCUT2D eigenvalue weighted by Crippen LogP contribution is -2.56. The van der Waals surface area contributed by atoms with Gasteiger partial charge in [0, 0.05) is 25.7 Å². The van der Waals surface area contributed by atoms with Crippen LogP contribution < -0.4 is 5.73 Å². The summed E-state index contributed by atoms with van der Waals surface area (Å²) in [7, 11) is 1.95. The molecule has 2 rings (SSSR count). The number of likely N-dealkylation sites (N-methyl/N-ethyl adjacent to an activating group) is 1. The Kier molecular flexibility index (Phi) is 3.76. The molecule has 17 heavy (non-hydrogen) atoms. The smallest absolute Gasteiger partial charge is 0.237 e. The average molecular weight is 233 g/mol. The van der Waals surface area contributed by atoms with Crippen LogP contribution in [0, 0.1) is 0 Å². The Bertz CT molecular complexity index is 380. The third-order valence-electron chi connectivity index (χ3n) is 3.28. The highest BCUT2D eigenvalue weighted by Gasteiger charge is 2.28. The second-order valence-corrected chi connectivity index (χ2v) is 4.56. The van der Waals surface area contributed by atoms with Gasteiger partial charge in [-0.15, -0.1) is 0 Å². The largest absolute Gasteiger partial charge is 0.336 e. The van der Waals surface area contributed by atoms with Crippen LogP contribution >= 0.6 is 0 Å². The van der Waals surface area contributed by atoms with Crippen molar-refractivity contribution in [2.24, 2.45) is 5.73 Å². The molecule has 4 nitrogen and oxygen atoms in total. The Balaban J connectivity index is 2.03. The first-order chi connectivity index (χ1) is 8.20. The van der Waals surface area contributed by atoms with Crippen LogP contribution in [0.15, 0.2) is 30.3 Å². The van der Waals surface area contributed by atoms with Crippen molar-refractivity contribution in [2.75, 3.05) is 26.7 Å². The summed E-state index contributed by atoms with van der Waals surface area (Å²) in [6.45, 7) is 2.47. The van der Waals surface area contributed by atoms with Crippen LogP contribution in [-0.4, -0.2) is 48.4 Å². The molecule has 0 spiro atoms. The molecule has 1 atom stereocenters. The molecule has 1 unspecified atom stereocenters. The first-order valence-corrected chi connectivity index (χ1v) is 5.92. The third-order valence-corrected chi connectivity index (χ3v) is 3.28. The predicted octanol–water partition coefficient (Wildman–Crippen LogP) is 0.288. The lowest BCUT2D eigenvalue weighted by atomic mass is 10.1. The van der Waals surface area contributed by atoms with Gasteiger partial charge in [-0.25, -0.2) is 0 Å². The number of rotatable bonds is 3. The molecule has 1 aliphatic rings. The maximum absolute atomic E-state index is 11.9. The van der Waals surface area contributed by atoms with Crippen LogP contribution in [0.1, 0.15) is 5.56 Å². The predicted molar refractivity (Wildman–Crippen MR) is 67.3 cm³/mol. The molecule has 4 heteroatoms. The van der Waals surface area contributed by atoms with Crippen molar-refractivity contribution in [3.63, 3.8) is 0 Å². The van der Waals surface area contributed by atoms with Crippen LogP contribution in [0.4, 0.5) is 0 Å². The second-order valence-electron chi connectivity index (χ2n) is 4.56. The maximum Gasteiger partial charge on any atom is 0.237 e. The van der Waals surface area contributed by atoms with Gasteiger partial charge >= 0.3 is 0 Å². The summed E-state index contributed by atoms with van der Waals surface area (Å²) in [5.74, 6) is 0.182. The van der Waals surface area contributed by atoms with E-state index < -0.39 is 0 Å². The molecule has 0 radical (unpaired) electrons. The monoisotopic (exact) mass is 233 g/mol. The summed E-state index contributed by atoms with van der Waals surface area (Å²) in [4.78, 5) is 15.8. The molecule has 0 bridgehead atoms. The molecule has 0 saturated carbocycles. The van der Waals surface area contributed by atoms with Crippen molar-refractivity contribution < 1.29 is 4.79 Å². The van der Waals surface area contributed by atoms with E-state index in [-0.39, 0.29) is 11.9 Å². The van der Waals surface area contributed by atoms with E-state index in [2.05, 4.69) is 0 Å². The highest BCUT2D eigenvalue weighted by molar-refractivity contribution is 5.79. The van der Waals surface area contributed by atoms with Crippen LogP contribution in [0.2, 0.25) is 0 Å². The summed E-state index contributed by atoms with van der Waals surface area (Å²) in [5, 5.41) is 0. The molecule has 1 saturated heterocycles. The fourth-order valence-electron chi connectivity index (χ4n) is 2.15. The number of benzene rings is 1. The highest BCUT2D eigenvalue weighted by Crippen LogP contribution is 2.12. The van der Waals surface area contributed by atoms with Gasteiger partial charge in [0.15, 0.2) is 0 Å². The van der Waals surface area contributed by atoms with Crippen LogP contribution in [0.5, 0.6) is 0 Å². The topological polar surface area (TPSA) is 49.6 Å². The minimum atomic E-state index is 0.182. The van der Waals surface area contributed by atoms with E-state index in [1.165, 1.54) is 5.56 Å². The molecule has 2 N–H and O–H groups in total. The molecule has 1 fully saturated rings. The first kappa shape index (κ1) is 12.1. The van der Waals surface area contributed by atoms with Gasteiger partial charge in [-0.05, 0) is 12.6 Å². The number of carbonyl (C=O) groups is 1. The van der Waals surface area contributed by atoms with E-state index >= 15 is 0 Å². The standard InChI is InChI=1S/C13H19N3O/c1-15-10-13(17)16(9-12(15)7-14)8-11-5-3-2-4-6-11/h2-6,12H,7-10,14H2,1H3. The van der Waals surface area contributed by atoms with E-state index in [1.807, 2.05) is 47.2 Å². The lowest BCUT2D eigenvalue weighted by molar-refractivity contribution is -0.138. The molecular formula is C13H19N3O.